The van der Waals surface area contributed by atoms with E-state index in [9.17, 15) is 0 Å². The standard InChI is InChI=1S/C14H22N2/c1-10-7-8-14(12(10)3)15-9-13-6-4-5-11(2)16-13/h4-6,10,12,14-15H,7-9H2,1-3H3. The molecule has 0 radical (unpaired) electrons. The van der Waals surface area contributed by atoms with Crippen LogP contribution in [-0.2, 0) is 6.54 Å². The normalized spacial score (nSPS) is 29.6. The predicted molar refractivity (Wildman–Crippen MR) is 67.2 cm³/mol. The average molecular weight is 218 g/mol. The third kappa shape index (κ3) is 2.62. The molecule has 2 heteroatoms. The summed E-state index contributed by atoms with van der Waals surface area (Å²) in [6.07, 6.45) is 2.67. The minimum absolute atomic E-state index is 0.678. The van der Waals surface area contributed by atoms with Crippen LogP contribution in [0, 0.1) is 18.8 Å². The van der Waals surface area contributed by atoms with Crippen LogP contribution in [0.15, 0.2) is 18.2 Å². The number of nitrogens with one attached hydrogen (secondary N) is 1. The topological polar surface area (TPSA) is 24.9 Å². The zero-order valence-corrected chi connectivity index (χ0v) is 10.5. The summed E-state index contributed by atoms with van der Waals surface area (Å²) in [5, 5.41) is 3.64. The highest BCUT2D eigenvalue weighted by atomic mass is 14.9. The Kier molecular flexibility index (Phi) is 3.59. The van der Waals surface area contributed by atoms with Crippen molar-refractivity contribution in [3.05, 3.63) is 29.6 Å². The number of aromatic nitrogens is 1. The van der Waals surface area contributed by atoms with Crippen molar-refractivity contribution in [3.63, 3.8) is 0 Å². The number of hydrogen-bond donors (Lipinski definition) is 1. The van der Waals surface area contributed by atoms with Gasteiger partial charge in [0, 0.05) is 18.3 Å². The lowest BCUT2D eigenvalue weighted by molar-refractivity contribution is 0.368. The van der Waals surface area contributed by atoms with Crippen LogP contribution in [0.4, 0.5) is 0 Å². The van der Waals surface area contributed by atoms with Gasteiger partial charge in [-0.3, -0.25) is 4.98 Å². The van der Waals surface area contributed by atoms with Crippen LogP contribution in [-0.4, -0.2) is 11.0 Å². The summed E-state index contributed by atoms with van der Waals surface area (Å²) in [4.78, 5) is 4.52. The van der Waals surface area contributed by atoms with Gasteiger partial charge in [0.25, 0.3) is 0 Å². The molecule has 88 valence electrons. The molecule has 1 aliphatic rings. The van der Waals surface area contributed by atoms with Gasteiger partial charge in [0.05, 0.1) is 5.69 Å². The zero-order valence-electron chi connectivity index (χ0n) is 10.5. The quantitative estimate of drug-likeness (QED) is 0.843. The molecule has 1 saturated carbocycles. The van der Waals surface area contributed by atoms with E-state index in [1.807, 2.05) is 13.0 Å². The van der Waals surface area contributed by atoms with Crippen LogP contribution in [0.1, 0.15) is 38.1 Å². The van der Waals surface area contributed by atoms with Crippen molar-refractivity contribution < 1.29 is 0 Å². The van der Waals surface area contributed by atoms with Crippen LogP contribution in [0.5, 0.6) is 0 Å². The second-order valence-electron chi connectivity index (χ2n) is 5.17. The molecule has 0 amide bonds. The molecule has 1 fully saturated rings. The molecular weight excluding hydrogens is 196 g/mol. The minimum atomic E-state index is 0.678. The van der Waals surface area contributed by atoms with Crippen molar-refractivity contribution in [1.82, 2.24) is 10.3 Å². The number of hydrogen-bond acceptors (Lipinski definition) is 2. The second-order valence-corrected chi connectivity index (χ2v) is 5.17. The Hall–Kier alpha value is -0.890. The molecule has 1 aromatic heterocycles. The fourth-order valence-electron chi connectivity index (χ4n) is 2.59. The first-order valence-corrected chi connectivity index (χ1v) is 6.32. The molecule has 1 heterocycles. The van der Waals surface area contributed by atoms with E-state index in [0.29, 0.717) is 6.04 Å². The van der Waals surface area contributed by atoms with Crippen molar-refractivity contribution in [1.29, 1.82) is 0 Å². The molecule has 3 atom stereocenters. The third-order valence-corrected chi connectivity index (χ3v) is 3.96. The highest BCUT2D eigenvalue weighted by Crippen LogP contribution is 2.31. The molecule has 1 aliphatic carbocycles. The molecule has 16 heavy (non-hydrogen) atoms. The van der Waals surface area contributed by atoms with E-state index in [-0.39, 0.29) is 0 Å². The molecule has 3 unspecified atom stereocenters. The SMILES string of the molecule is Cc1cccc(CNC2CCC(C)C2C)n1. The van der Waals surface area contributed by atoms with E-state index in [4.69, 9.17) is 0 Å². The summed E-state index contributed by atoms with van der Waals surface area (Å²) in [5.41, 5.74) is 2.26. The molecule has 0 spiro atoms. The molecule has 0 aromatic carbocycles. The first-order valence-electron chi connectivity index (χ1n) is 6.32. The summed E-state index contributed by atoms with van der Waals surface area (Å²) < 4.78 is 0. The number of nitrogens with zero attached hydrogens (tertiary/aromatic N) is 1. The summed E-state index contributed by atoms with van der Waals surface area (Å²) in [5.74, 6) is 1.66. The second kappa shape index (κ2) is 4.96. The van der Waals surface area contributed by atoms with Gasteiger partial charge in [-0.15, -0.1) is 0 Å². The van der Waals surface area contributed by atoms with E-state index in [2.05, 4.69) is 36.3 Å². The van der Waals surface area contributed by atoms with E-state index in [1.165, 1.54) is 12.8 Å². The fourth-order valence-corrected chi connectivity index (χ4v) is 2.59. The van der Waals surface area contributed by atoms with Crippen molar-refractivity contribution >= 4 is 0 Å². The monoisotopic (exact) mass is 218 g/mol. The number of aryl methyl sites for hydroxylation is 1. The first kappa shape index (κ1) is 11.6. The summed E-state index contributed by atoms with van der Waals surface area (Å²) in [7, 11) is 0. The van der Waals surface area contributed by atoms with Gasteiger partial charge in [0.1, 0.15) is 0 Å². The van der Waals surface area contributed by atoms with Crippen LogP contribution < -0.4 is 5.32 Å². The molecule has 1 aromatic rings. The van der Waals surface area contributed by atoms with Gasteiger partial charge >= 0.3 is 0 Å². The highest BCUT2D eigenvalue weighted by Gasteiger charge is 2.28. The van der Waals surface area contributed by atoms with E-state index < -0.39 is 0 Å². The molecule has 2 nitrogen and oxygen atoms in total. The Morgan fingerprint density at radius 1 is 1.31 bits per heavy atom. The lowest BCUT2D eigenvalue weighted by Gasteiger charge is -2.19. The van der Waals surface area contributed by atoms with Gasteiger partial charge in [-0.1, -0.05) is 19.9 Å². The van der Waals surface area contributed by atoms with Gasteiger partial charge < -0.3 is 5.32 Å². The van der Waals surface area contributed by atoms with Crippen molar-refractivity contribution in [3.8, 4) is 0 Å². The van der Waals surface area contributed by atoms with Crippen LogP contribution >= 0.6 is 0 Å². The third-order valence-electron chi connectivity index (χ3n) is 3.96. The van der Waals surface area contributed by atoms with Crippen LogP contribution in [0.25, 0.3) is 0 Å². The lowest BCUT2D eigenvalue weighted by Crippen LogP contribution is -2.32. The van der Waals surface area contributed by atoms with Crippen LogP contribution in [0.3, 0.4) is 0 Å². The maximum Gasteiger partial charge on any atom is 0.0544 e. The molecular formula is C14H22N2. The minimum Gasteiger partial charge on any atom is -0.308 e. The smallest absolute Gasteiger partial charge is 0.0544 e. The Balaban J connectivity index is 1.88. The Morgan fingerprint density at radius 2 is 2.12 bits per heavy atom. The average Bonchev–Trinajstić information content (AvgIpc) is 2.57. The van der Waals surface area contributed by atoms with Gasteiger partial charge in [0.15, 0.2) is 0 Å². The zero-order chi connectivity index (χ0) is 11.5. The van der Waals surface area contributed by atoms with Crippen molar-refractivity contribution in [2.75, 3.05) is 0 Å². The lowest BCUT2D eigenvalue weighted by atomic mass is 9.98. The Bertz CT molecular complexity index is 348. The molecule has 2 rings (SSSR count). The molecule has 1 N–H and O–H groups in total. The van der Waals surface area contributed by atoms with E-state index in [1.54, 1.807) is 0 Å². The number of pyridine rings is 1. The largest absolute Gasteiger partial charge is 0.308 e. The van der Waals surface area contributed by atoms with E-state index in [0.717, 1.165) is 29.8 Å². The summed E-state index contributed by atoms with van der Waals surface area (Å²) in [6.45, 7) is 7.67. The van der Waals surface area contributed by atoms with Gasteiger partial charge in [0.2, 0.25) is 0 Å². The maximum atomic E-state index is 4.52. The van der Waals surface area contributed by atoms with Crippen molar-refractivity contribution in [2.24, 2.45) is 11.8 Å². The van der Waals surface area contributed by atoms with Crippen molar-refractivity contribution in [2.45, 2.75) is 46.2 Å². The maximum absolute atomic E-state index is 4.52. The van der Waals surface area contributed by atoms with Gasteiger partial charge in [-0.2, -0.15) is 0 Å². The highest BCUT2D eigenvalue weighted by molar-refractivity contribution is 5.09. The first-order chi connectivity index (χ1) is 7.66. The summed E-state index contributed by atoms with van der Waals surface area (Å²) >= 11 is 0. The summed E-state index contributed by atoms with van der Waals surface area (Å²) in [6, 6.07) is 6.91. The fraction of sp³-hybridized carbons (Fsp3) is 0.643. The predicted octanol–water partition coefficient (Wildman–Crippen LogP) is 2.91. The molecule has 0 saturated heterocycles. The van der Waals surface area contributed by atoms with Crippen LogP contribution in [0.2, 0.25) is 0 Å². The van der Waals surface area contributed by atoms with E-state index >= 15 is 0 Å². The Labute approximate surface area is 98.5 Å². The van der Waals surface area contributed by atoms with Gasteiger partial charge in [-0.25, -0.2) is 0 Å². The molecule has 0 bridgehead atoms. The van der Waals surface area contributed by atoms with Gasteiger partial charge in [-0.05, 0) is 43.7 Å². The number of rotatable bonds is 3. The molecule has 0 aliphatic heterocycles. The Morgan fingerprint density at radius 3 is 2.75 bits per heavy atom.